The number of anilines is 1. The van der Waals surface area contributed by atoms with Crippen molar-refractivity contribution in [3.8, 4) is 11.5 Å². The number of carbonyl (C=O) groups excluding carboxylic acids is 3. The van der Waals surface area contributed by atoms with Crippen LogP contribution in [0.25, 0.3) is 0 Å². The number of thioether (sulfide) groups is 1. The summed E-state index contributed by atoms with van der Waals surface area (Å²) in [4.78, 5) is 35.4. The Balaban J connectivity index is 1.88. The molecule has 2 amide bonds. The Kier molecular flexibility index (Phi) is 8.68. The van der Waals surface area contributed by atoms with Crippen molar-refractivity contribution in [3.63, 3.8) is 0 Å². The van der Waals surface area contributed by atoms with Gasteiger partial charge in [0.25, 0.3) is 5.91 Å². The van der Waals surface area contributed by atoms with Crippen LogP contribution < -0.4 is 20.1 Å². The highest BCUT2D eigenvalue weighted by molar-refractivity contribution is 8.01. The van der Waals surface area contributed by atoms with E-state index >= 15 is 0 Å². The average Bonchev–Trinajstić information content (AvgIpc) is 3.17. The number of carbonyl (C=O) groups is 3. The number of nitrogens with zero attached hydrogens (tertiary/aromatic N) is 2. The second kappa shape index (κ2) is 11.2. The summed E-state index contributed by atoms with van der Waals surface area (Å²) in [5.74, 6) is -0.223. The van der Waals surface area contributed by atoms with E-state index in [2.05, 4.69) is 20.8 Å². The maximum atomic E-state index is 12.4. The second-order valence-corrected chi connectivity index (χ2v) is 7.50. The molecule has 0 aliphatic heterocycles. The summed E-state index contributed by atoms with van der Waals surface area (Å²) in [6, 6.07) is 4.80. The molecule has 0 radical (unpaired) electrons. The van der Waals surface area contributed by atoms with Gasteiger partial charge in [0.2, 0.25) is 11.0 Å². The van der Waals surface area contributed by atoms with Crippen molar-refractivity contribution in [2.45, 2.75) is 11.3 Å². The fourth-order valence-electron chi connectivity index (χ4n) is 1.99. The third kappa shape index (κ3) is 7.23. The molecule has 29 heavy (non-hydrogen) atoms. The number of nitrogens with one attached hydrogen (secondary N) is 2. The minimum atomic E-state index is -0.499. The zero-order valence-corrected chi connectivity index (χ0v) is 17.6. The van der Waals surface area contributed by atoms with Gasteiger partial charge in [-0.05, 0) is 19.1 Å². The topological polar surface area (TPSA) is 129 Å². The Bertz CT molecular complexity index is 851. The van der Waals surface area contributed by atoms with Gasteiger partial charge in [-0.1, -0.05) is 23.1 Å². The van der Waals surface area contributed by atoms with Gasteiger partial charge in [-0.3, -0.25) is 19.7 Å². The molecule has 0 saturated carbocycles. The van der Waals surface area contributed by atoms with Crippen LogP contribution in [0.4, 0.5) is 5.13 Å². The first kappa shape index (κ1) is 22.4. The molecular formula is C17H20N4O6S2. The van der Waals surface area contributed by atoms with E-state index in [9.17, 15) is 14.4 Å². The van der Waals surface area contributed by atoms with Crippen molar-refractivity contribution in [1.29, 1.82) is 0 Å². The lowest BCUT2D eigenvalue weighted by Gasteiger charge is -2.07. The number of methoxy groups -OCH3 is 2. The van der Waals surface area contributed by atoms with Gasteiger partial charge in [-0.15, -0.1) is 10.2 Å². The first-order chi connectivity index (χ1) is 13.9. The van der Waals surface area contributed by atoms with Crippen molar-refractivity contribution in [3.05, 3.63) is 23.8 Å². The zero-order valence-electron chi connectivity index (χ0n) is 16.0. The van der Waals surface area contributed by atoms with E-state index in [1.807, 2.05) is 0 Å². The van der Waals surface area contributed by atoms with Crippen molar-refractivity contribution in [2.24, 2.45) is 0 Å². The standard InChI is InChI=1S/C17H20N4O6S2/c1-4-27-14(23)8-18-13(22)9-28-17-21-20-16(29-17)19-15(24)10-5-11(25-2)7-12(6-10)26-3/h5-7H,4,8-9H2,1-3H3,(H,18,22)(H,19,20,24). The Morgan fingerprint density at radius 3 is 2.41 bits per heavy atom. The lowest BCUT2D eigenvalue weighted by Crippen LogP contribution is -2.31. The van der Waals surface area contributed by atoms with Gasteiger partial charge in [-0.2, -0.15) is 0 Å². The fraction of sp³-hybridized carbons (Fsp3) is 0.353. The number of hydrogen-bond acceptors (Lipinski definition) is 10. The maximum absolute atomic E-state index is 12.4. The van der Waals surface area contributed by atoms with E-state index < -0.39 is 11.9 Å². The molecule has 0 fully saturated rings. The number of rotatable bonds is 10. The molecule has 1 heterocycles. The second-order valence-electron chi connectivity index (χ2n) is 5.30. The van der Waals surface area contributed by atoms with Crippen LogP contribution in [0.2, 0.25) is 0 Å². The molecule has 2 rings (SSSR count). The summed E-state index contributed by atoms with van der Waals surface area (Å²) >= 11 is 2.26. The zero-order chi connectivity index (χ0) is 21.2. The quantitative estimate of drug-likeness (QED) is 0.321. The van der Waals surface area contributed by atoms with Gasteiger partial charge in [0.15, 0.2) is 4.34 Å². The number of ether oxygens (including phenoxy) is 3. The number of benzene rings is 1. The average molecular weight is 441 g/mol. The first-order valence-corrected chi connectivity index (χ1v) is 10.2. The Hall–Kier alpha value is -2.86. The van der Waals surface area contributed by atoms with Gasteiger partial charge in [0, 0.05) is 11.6 Å². The molecule has 2 aromatic rings. The summed E-state index contributed by atoms with van der Waals surface area (Å²) in [5, 5.41) is 13.2. The van der Waals surface area contributed by atoms with Crippen LogP contribution in [-0.2, 0) is 14.3 Å². The SMILES string of the molecule is CCOC(=O)CNC(=O)CSc1nnc(NC(=O)c2cc(OC)cc(OC)c2)s1. The van der Waals surface area contributed by atoms with Crippen LogP contribution in [0.15, 0.2) is 22.5 Å². The number of esters is 1. The van der Waals surface area contributed by atoms with Crippen LogP contribution in [0.5, 0.6) is 11.5 Å². The Morgan fingerprint density at radius 1 is 1.10 bits per heavy atom. The number of amides is 2. The predicted octanol–water partition coefficient (Wildman–Crippen LogP) is 1.58. The summed E-state index contributed by atoms with van der Waals surface area (Å²) in [7, 11) is 2.99. The summed E-state index contributed by atoms with van der Waals surface area (Å²) < 4.78 is 15.5. The number of aromatic nitrogens is 2. The summed E-state index contributed by atoms with van der Waals surface area (Å²) in [6.07, 6.45) is 0. The minimum absolute atomic E-state index is 0.0507. The van der Waals surface area contributed by atoms with Gasteiger partial charge >= 0.3 is 5.97 Å². The third-order valence-corrected chi connectivity index (χ3v) is 5.27. The molecule has 0 aliphatic carbocycles. The molecule has 0 unspecified atom stereocenters. The normalized spacial score (nSPS) is 10.2. The molecule has 0 bridgehead atoms. The molecule has 1 aromatic carbocycles. The molecule has 12 heteroatoms. The van der Waals surface area contributed by atoms with Gasteiger partial charge < -0.3 is 19.5 Å². The molecule has 0 spiro atoms. The van der Waals surface area contributed by atoms with E-state index in [-0.39, 0.29) is 29.9 Å². The molecule has 0 aliphatic rings. The van der Waals surface area contributed by atoms with Crippen LogP contribution >= 0.6 is 23.1 Å². The van der Waals surface area contributed by atoms with E-state index in [0.29, 0.717) is 21.4 Å². The van der Waals surface area contributed by atoms with E-state index in [0.717, 1.165) is 23.1 Å². The lowest BCUT2D eigenvalue weighted by atomic mass is 10.2. The van der Waals surface area contributed by atoms with Crippen LogP contribution in [0.1, 0.15) is 17.3 Å². The maximum Gasteiger partial charge on any atom is 0.325 e. The van der Waals surface area contributed by atoms with Crippen molar-refractivity contribution in [2.75, 3.05) is 38.4 Å². The largest absolute Gasteiger partial charge is 0.497 e. The van der Waals surface area contributed by atoms with E-state index in [1.54, 1.807) is 25.1 Å². The molecule has 0 atom stereocenters. The highest BCUT2D eigenvalue weighted by Gasteiger charge is 2.14. The summed E-state index contributed by atoms with van der Waals surface area (Å²) in [6.45, 7) is 1.76. The highest BCUT2D eigenvalue weighted by atomic mass is 32.2. The molecule has 2 N–H and O–H groups in total. The predicted molar refractivity (Wildman–Crippen MR) is 108 cm³/mol. The van der Waals surface area contributed by atoms with Gasteiger partial charge in [0.05, 0.1) is 26.6 Å². The Morgan fingerprint density at radius 2 is 1.79 bits per heavy atom. The molecule has 10 nitrogen and oxygen atoms in total. The monoisotopic (exact) mass is 440 g/mol. The van der Waals surface area contributed by atoms with Crippen molar-refractivity contribution >= 4 is 46.0 Å². The lowest BCUT2D eigenvalue weighted by molar-refractivity contribution is -0.143. The van der Waals surface area contributed by atoms with Crippen molar-refractivity contribution < 1.29 is 28.6 Å². The molecular weight excluding hydrogens is 420 g/mol. The number of hydrogen-bond donors (Lipinski definition) is 2. The van der Waals surface area contributed by atoms with Crippen molar-refractivity contribution in [1.82, 2.24) is 15.5 Å². The Labute approximate surface area is 175 Å². The van der Waals surface area contributed by atoms with Gasteiger partial charge in [-0.25, -0.2) is 0 Å². The van der Waals surface area contributed by atoms with Crippen LogP contribution in [-0.4, -0.2) is 61.1 Å². The third-order valence-electron chi connectivity index (χ3n) is 3.30. The van der Waals surface area contributed by atoms with Crippen LogP contribution in [0, 0.1) is 0 Å². The molecule has 156 valence electrons. The highest BCUT2D eigenvalue weighted by Crippen LogP contribution is 2.27. The first-order valence-electron chi connectivity index (χ1n) is 8.38. The molecule has 1 aromatic heterocycles. The van der Waals surface area contributed by atoms with E-state index in [4.69, 9.17) is 14.2 Å². The van der Waals surface area contributed by atoms with Crippen LogP contribution in [0.3, 0.4) is 0 Å². The summed E-state index contributed by atoms with van der Waals surface area (Å²) in [5.41, 5.74) is 0.337. The van der Waals surface area contributed by atoms with Gasteiger partial charge in [0.1, 0.15) is 18.0 Å². The minimum Gasteiger partial charge on any atom is -0.497 e. The molecule has 0 saturated heterocycles. The smallest absolute Gasteiger partial charge is 0.325 e. The fourth-order valence-corrected chi connectivity index (χ4v) is 3.56. The van der Waals surface area contributed by atoms with E-state index in [1.165, 1.54) is 14.2 Å².